The Labute approximate surface area is 171 Å². The summed E-state index contributed by atoms with van der Waals surface area (Å²) < 4.78 is 27.6. The number of amides is 1. The monoisotopic (exact) mass is 421 g/mol. The van der Waals surface area contributed by atoms with Crippen molar-refractivity contribution in [3.05, 3.63) is 59.1 Å². The molecule has 0 atom stereocenters. The molecule has 0 unspecified atom stereocenters. The Kier molecular flexibility index (Phi) is 6.72. The number of benzene rings is 2. The van der Waals surface area contributed by atoms with Crippen LogP contribution in [0.5, 0.6) is 0 Å². The van der Waals surface area contributed by atoms with Gasteiger partial charge in [-0.25, -0.2) is 8.42 Å². The maximum Gasteiger partial charge on any atom is 0.243 e. The highest BCUT2D eigenvalue weighted by Gasteiger charge is 2.27. The number of hydrogen-bond donors (Lipinski definition) is 1. The molecule has 0 bridgehead atoms. The summed E-state index contributed by atoms with van der Waals surface area (Å²) in [4.78, 5) is 13.6. The van der Waals surface area contributed by atoms with E-state index in [4.69, 9.17) is 11.6 Å². The molecular weight excluding hydrogens is 398 g/mol. The SMILES string of the molecule is CC(=O)Nc1ccc(S(=O)(=O)N2CCCN(Cc3ccccc3)CC2)cc1Cl. The van der Waals surface area contributed by atoms with Crippen molar-refractivity contribution in [2.24, 2.45) is 0 Å². The minimum atomic E-state index is -3.64. The van der Waals surface area contributed by atoms with Crippen LogP contribution in [-0.4, -0.2) is 49.7 Å². The van der Waals surface area contributed by atoms with Crippen LogP contribution in [0, 0.1) is 0 Å². The van der Waals surface area contributed by atoms with Crippen LogP contribution < -0.4 is 5.32 Å². The number of nitrogens with one attached hydrogen (secondary N) is 1. The highest BCUT2D eigenvalue weighted by Crippen LogP contribution is 2.27. The molecule has 1 saturated heterocycles. The van der Waals surface area contributed by atoms with Crippen LogP contribution in [-0.2, 0) is 21.4 Å². The van der Waals surface area contributed by atoms with Crippen molar-refractivity contribution in [1.82, 2.24) is 9.21 Å². The lowest BCUT2D eigenvalue weighted by molar-refractivity contribution is -0.114. The quantitative estimate of drug-likeness (QED) is 0.804. The molecule has 2 aromatic carbocycles. The van der Waals surface area contributed by atoms with Gasteiger partial charge in [-0.3, -0.25) is 9.69 Å². The van der Waals surface area contributed by atoms with E-state index in [-0.39, 0.29) is 15.8 Å². The number of hydrogen-bond acceptors (Lipinski definition) is 4. The van der Waals surface area contributed by atoms with Gasteiger partial charge in [-0.1, -0.05) is 41.9 Å². The predicted octanol–water partition coefficient (Wildman–Crippen LogP) is 3.20. The van der Waals surface area contributed by atoms with E-state index < -0.39 is 10.0 Å². The normalized spacial score (nSPS) is 16.5. The van der Waals surface area contributed by atoms with Crippen LogP contribution in [0.4, 0.5) is 5.69 Å². The third kappa shape index (κ3) is 5.11. The Morgan fingerprint density at radius 1 is 1.07 bits per heavy atom. The predicted molar refractivity (Wildman–Crippen MR) is 111 cm³/mol. The van der Waals surface area contributed by atoms with Crippen LogP contribution >= 0.6 is 11.6 Å². The number of carbonyl (C=O) groups excluding carboxylic acids is 1. The smallest absolute Gasteiger partial charge is 0.243 e. The van der Waals surface area contributed by atoms with E-state index >= 15 is 0 Å². The van der Waals surface area contributed by atoms with Gasteiger partial charge in [0, 0.05) is 33.1 Å². The number of rotatable bonds is 5. The van der Waals surface area contributed by atoms with Crippen molar-refractivity contribution >= 4 is 33.2 Å². The van der Waals surface area contributed by atoms with Gasteiger partial charge >= 0.3 is 0 Å². The molecule has 1 heterocycles. The van der Waals surface area contributed by atoms with Gasteiger partial charge in [0.05, 0.1) is 15.6 Å². The minimum absolute atomic E-state index is 0.142. The molecule has 0 radical (unpaired) electrons. The van der Waals surface area contributed by atoms with Crippen LogP contribution in [0.15, 0.2) is 53.4 Å². The Hall–Kier alpha value is -1.93. The van der Waals surface area contributed by atoms with E-state index in [0.717, 1.165) is 19.5 Å². The number of halogens is 1. The summed E-state index contributed by atoms with van der Waals surface area (Å²) in [7, 11) is -3.64. The summed E-state index contributed by atoms with van der Waals surface area (Å²) in [5.41, 5.74) is 1.62. The molecule has 6 nitrogen and oxygen atoms in total. The number of sulfonamides is 1. The van der Waals surface area contributed by atoms with E-state index in [0.29, 0.717) is 25.3 Å². The maximum absolute atomic E-state index is 13.1. The molecule has 0 aromatic heterocycles. The fraction of sp³-hybridized carbons (Fsp3) is 0.350. The summed E-state index contributed by atoms with van der Waals surface area (Å²) in [5, 5.41) is 2.79. The molecular formula is C20H24ClN3O3S. The second kappa shape index (κ2) is 9.05. The average Bonchev–Trinajstić information content (AvgIpc) is 2.90. The second-order valence-corrected chi connectivity index (χ2v) is 9.19. The summed E-state index contributed by atoms with van der Waals surface area (Å²) in [6.07, 6.45) is 0.768. The van der Waals surface area contributed by atoms with Crippen LogP contribution in [0.1, 0.15) is 18.9 Å². The lowest BCUT2D eigenvalue weighted by Crippen LogP contribution is -2.35. The molecule has 0 aliphatic carbocycles. The first-order valence-corrected chi connectivity index (χ1v) is 11.0. The highest BCUT2D eigenvalue weighted by molar-refractivity contribution is 7.89. The molecule has 0 spiro atoms. The van der Waals surface area contributed by atoms with E-state index in [1.165, 1.54) is 35.0 Å². The van der Waals surface area contributed by atoms with Crippen molar-refractivity contribution in [1.29, 1.82) is 0 Å². The Balaban J connectivity index is 1.70. The molecule has 1 aliphatic heterocycles. The molecule has 3 rings (SSSR count). The van der Waals surface area contributed by atoms with E-state index in [1.807, 2.05) is 18.2 Å². The average molecular weight is 422 g/mol. The van der Waals surface area contributed by atoms with E-state index in [2.05, 4.69) is 22.3 Å². The summed E-state index contributed by atoms with van der Waals surface area (Å²) >= 11 is 6.16. The van der Waals surface area contributed by atoms with Crippen molar-refractivity contribution in [2.45, 2.75) is 24.8 Å². The van der Waals surface area contributed by atoms with Crippen LogP contribution in [0.2, 0.25) is 5.02 Å². The Morgan fingerprint density at radius 2 is 1.82 bits per heavy atom. The number of anilines is 1. The molecule has 1 fully saturated rings. The Morgan fingerprint density at radius 3 is 2.50 bits per heavy atom. The van der Waals surface area contributed by atoms with Crippen molar-refractivity contribution < 1.29 is 13.2 Å². The summed E-state index contributed by atoms with van der Waals surface area (Å²) in [6.45, 7) is 4.61. The van der Waals surface area contributed by atoms with Gasteiger partial charge < -0.3 is 5.32 Å². The standard InChI is InChI=1S/C20H24ClN3O3S/c1-16(25)22-20-9-8-18(14-19(20)21)28(26,27)24-11-5-10-23(12-13-24)15-17-6-3-2-4-7-17/h2-4,6-9,14H,5,10-13,15H2,1H3,(H,22,25). The first-order valence-electron chi connectivity index (χ1n) is 9.20. The van der Waals surface area contributed by atoms with Crippen molar-refractivity contribution in [2.75, 3.05) is 31.5 Å². The minimum Gasteiger partial charge on any atom is -0.325 e. The fourth-order valence-electron chi connectivity index (χ4n) is 3.28. The van der Waals surface area contributed by atoms with Crippen molar-refractivity contribution in [3.63, 3.8) is 0 Å². The second-order valence-electron chi connectivity index (χ2n) is 6.84. The molecule has 150 valence electrons. The van der Waals surface area contributed by atoms with E-state index in [9.17, 15) is 13.2 Å². The van der Waals surface area contributed by atoms with Gasteiger partial charge in [0.15, 0.2) is 0 Å². The zero-order valence-corrected chi connectivity index (χ0v) is 17.3. The van der Waals surface area contributed by atoms with Gasteiger partial charge in [-0.05, 0) is 36.7 Å². The molecule has 0 saturated carbocycles. The third-order valence-corrected chi connectivity index (χ3v) is 6.89. The van der Waals surface area contributed by atoms with Crippen molar-refractivity contribution in [3.8, 4) is 0 Å². The first-order chi connectivity index (χ1) is 13.4. The fourth-order valence-corrected chi connectivity index (χ4v) is 5.07. The van der Waals surface area contributed by atoms with Gasteiger partial charge in [0.1, 0.15) is 0 Å². The Bertz CT molecular complexity index is 935. The largest absolute Gasteiger partial charge is 0.325 e. The van der Waals surface area contributed by atoms with Gasteiger partial charge in [-0.2, -0.15) is 4.31 Å². The number of nitrogens with zero attached hydrogens (tertiary/aromatic N) is 2. The van der Waals surface area contributed by atoms with E-state index in [1.54, 1.807) is 0 Å². The molecule has 1 N–H and O–H groups in total. The third-order valence-electron chi connectivity index (χ3n) is 4.69. The highest BCUT2D eigenvalue weighted by atomic mass is 35.5. The zero-order valence-electron chi connectivity index (χ0n) is 15.8. The maximum atomic E-state index is 13.1. The first kappa shape index (κ1) is 20.8. The molecule has 2 aromatic rings. The lowest BCUT2D eigenvalue weighted by atomic mass is 10.2. The molecule has 8 heteroatoms. The number of carbonyl (C=O) groups is 1. The molecule has 28 heavy (non-hydrogen) atoms. The van der Waals surface area contributed by atoms with Crippen LogP contribution in [0.3, 0.4) is 0 Å². The van der Waals surface area contributed by atoms with Gasteiger partial charge in [0.2, 0.25) is 15.9 Å². The topological polar surface area (TPSA) is 69.7 Å². The lowest BCUT2D eigenvalue weighted by Gasteiger charge is -2.22. The van der Waals surface area contributed by atoms with Gasteiger partial charge in [0.25, 0.3) is 0 Å². The van der Waals surface area contributed by atoms with Gasteiger partial charge in [-0.15, -0.1) is 0 Å². The zero-order chi connectivity index (χ0) is 20.1. The summed E-state index contributed by atoms with van der Waals surface area (Å²) in [5.74, 6) is -0.261. The molecule has 1 aliphatic rings. The van der Waals surface area contributed by atoms with Crippen LogP contribution in [0.25, 0.3) is 0 Å². The molecule has 1 amide bonds. The summed E-state index contributed by atoms with van der Waals surface area (Å²) in [6, 6.07) is 14.6.